The molecule has 0 radical (unpaired) electrons. The van der Waals surface area contributed by atoms with E-state index in [1.54, 1.807) is 0 Å². The van der Waals surface area contributed by atoms with Crippen LogP contribution >= 0.6 is 11.3 Å². The van der Waals surface area contributed by atoms with E-state index in [0.29, 0.717) is 5.89 Å². The Hall–Kier alpha value is -2.81. The van der Waals surface area contributed by atoms with Crippen molar-refractivity contribution < 1.29 is 18.9 Å². The van der Waals surface area contributed by atoms with E-state index in [4.69, 9.17) is 4.52 Å². The third kappa shape index (κ3) is 2.31. The smallest absolute Gasteiger partial charge is 0.333 e. The quantitative estimate of drug-likeness (QED) is 0.468. The van der Waals surface area contributed by atoms with Crippen molar-refractivity contribution in [2.45, 2.75) is 6.54 Å². The summed E-state index contributed by atoms with van der Waals surface area (Å²) in [6.07, 6.45) is 1.37. The Kier molecular flexibility index (Phi) is 3.55. The van der Waals surface area contributed by atoms with Crippen LogP contribution in [0.3, 0.4) is 0 Å². The number of rotatable bonds is 5. The molecule has 4 amide bonds. The number of aromatic nitrogens is 2. The lowest BCUT2D eigenvalue weighted by Gasteiger charge is -2.11. The maximum absolute atomic E-state index is 12.0. The Morgan fingerprint density at radius 3 is 2.73 bits per heavy atom. The molecule has 0 aromatic carbocycles. The molecule has 9 heteroatoms. The standard InChI is InChI=1S/C13H10N4O4S/c1-2-5-16-11(18)12(19)17(13(16)20)7-9-14-10(21-15-9)8-4-3-6-22-8/h2-4,6H,1,5,7H2. The monoisotopic (exact) mass is 318 g/mol. The van der Waals surface area contributed by atoms with Gasteiger partial charge in [0.25, 0.3) is 5.89 Å². The van der Waals surface area contributed by atoms with Gasteiger partial charge in [-0.25, -0.2) is 9.69 Å². The number of hydrogen-bond acceptors (Lipinski definition) is 7. The molecule has 2 aromatic heterocycles. The number of urea groups is 1. The lowest BCUT2D eigenvalue weighted by atomic mass is 10.4. The third-order valence-electron chi connectivity index (χ3n) is 2.95. The number of nitrogens with zero attached hydrogens (tertiary/aromatic N) is 4. The Morgan fingerprint density at radius 2 is 2.05 bits per heavy atom. The minimum absolute atomic E-state index is 0.0212. The van der Waals surface area contributed by atoms with Crippen molar-refractivity contribution in [3.8, 4) is 10.8 Å². The maximum Gasteiger partial charge on any atom is 0.334 e. The summed E-state index contributed by atoms with van der Waals surface area (Å²) in [5, 5.41) is 5.58. The summed E-state index contributed by atoms with van der Waals surface area (Å²) >= 11 is 1.42. The predicted molar refractivity (Wildman–Crippen MR) is 75.5 cm³/mol. The second-order valence-corrected chi connectivity index (χ2v) is 5.32. The summed E-state index contributed by atoms with van der Waals surface area (Å²) in [5.74, 6) is -1.34. The summed E-state index contributed by atoms with van der Waals surface area (Å²) in [6, 6.07) is 2.93. The fraction of sp³-hybridized carbons (Fsp3) is 0.154. The molecule has 8 nitrogen and oxygen atoms in total. The zero-order valence-corrected chi connectivity index (χ0v) is 12.1. The van der Waals surface area contributed by atoms with Gasteiger partial charge in [0.1, 0.15) is 0 Å². The molecule has 1 aliphatic rings. The molecule has 2 aromatic rings. The van der Waals surface area contributed by atoms with Crippen molar-refractivity contribution in [2.75, 3.05) is 6.54 Å². The van der Waals surface area contributed by atoms with Gasteiger partial charge >= 0.3 is 17.8 Å². The summed E-state index contributed by atoms with van der Waals surface area (Å²) in [6.45, 7) is 3.21. The number of amides is 4. The zero-order chi connectivity index (χ0) is 15.7. The average Bonchev–Trinajstić information content (AvgIpc) is 3.21. The van der Waals surface area contributed by atoms with Crippen LogP contribution in [0.25, 0.3) is 10.8 Å². The van der Waals surface area contributed by atoms with Crippen molar-refractivity contribution in [3.63, 3.8) is 0 Å². The summed E-state index contributed by atoms with van der Waals surface area (Å²) in [4.78, 5) is 42.1. The van der Waals surface area contributed by atoms with Gasteiger partial charge in [0.05, 0.1) is 11.4 Å². The molecule has 3 heterocycles. The Balaban J connectivity index is 1.78. The molecule has 0 atom stereocenters. The maximum atomic E-state index is 12.0. The normalized spacial score (nSPS) is 15.0. The predicted octanol–water partition coefficient (Wildman–Crippen LogP) is 1.27. The molecule has 22 heavy (non-hydrogen) atoms. The van der Waals surface area contributed by atoms with E-state index in [0.717, 1.165) is 14.7 Å². The SMILES string of the molecule is C=CCN1C(=O)C(=O)N(Cc2noc(-c3cccs3)n2)C1=O. The summed E-state index contributed by atoms with van der Waals surface area (Å²) < 4.78 is 5.08. The first-order valence-corrected chi connectivity index (χ1v) is 7.14. The van der Waals surface area contributed by atoms with Gasteiger partial charge in [-0.1, -0.05) is 17.3 Å². The Morgan fingerprint density at radius 1 is 1.27 bits per heavy atom. The minimum atomic E-state index is -0.908. The molecule has 3 rings (SSSR count). The van der Waals surface area contributed by atoms with Gasteiger partial charge in [0, 0.05) is 6.54 Å². The first-order valence-electron chi connectivity index (χ1n) is 6.26. The topological polar surface area (TPSA) is 96.6 Å². The van der Waals surface area contributed by atoms with Gasteiger partial charge in [-0.05, 0) is 11.4 Å². The molecule has 1 fully saturated rings. The number of carbonyl (C=O) groups is 3. The molecule has 112 valence electrons. The number of carbonyl (C=O) groups excluding carboxylic acids is 3. The highest BCUT2D eigenvalue weighted by molar-refractivity contribution is 7.13. The fourth-order valence-electron chi connectivity index (χ4n) is 1.94. The fourth-order valence-corrected chi connectivity index (χ4v) is 2.58. The highest BCUT2D eigenvalue weighted by atomic mass is 32.1. The molecule has 0 spiro atoms. The van der Waals surface area contributed by atoms with Crippen LogP contribution in [0.1, 0.15) is 5.82 Å². The van der Waals surface area contributed by atoms with E-state index < -0.39 is 17.8 Å². The summed E-state index contributed by atoms with van der Waals surface area (Å²) in [7, 11) is 0. The summed E-state index contributed by atoms with van der Waals surface area (Å²) in [5.41, 5.74) is 0. The van der Waals surface area contributed by atoms with Crippen molar-refractivity contribution in [1.29, 1.82) is 0 Å². The van der Waals surface area contributed by atoms with Crippen LogP contribution < -0.4 is 0 Å². The molecule has 0 N–H and O–H groups in total. The Bertz CT molecular complexity index is 752. The van der Waals surface area contributed by atoms with Crippen LogP contribution in [0, 0.1) is 0 Å². The van der Waals surface area contributed by atoms with Crippen LogP contribution in [0.15, 0.2) is 34.7 Å². The van der Waals surface area contributed by atoms with E-state index >= 15 is 0 Å². The zero-order valence-electron chi connectivity index (χ0n) is 11.3. The molecule has 0 saturated carbocycles. The van der Waals surface area contributed by atoms with Gasteiger partial charge in [-0.3, -0.25) is 14.5 Å². The van der Waals surface area contributed by atoms with Crippen molar-refractivity contribution in [2.24, 2.45) is 0 Å². The number of thiophene rings is 1. The molecular weight excluding hydrogens is 308 g/mol. The highest BCUT2D eigenvalue weighted by Gasteiger charge is 2.44. The molecule has 0 unspecified atom stereocenters. The number of imide groups is 2. The molecule has 1 aliphatic heterocycles. The third-order valence-corrected chi connectivity index (χ3v) is 3.80. The van der Waals surface area contributed by atoms with Crippen molar-refractivity contribution in [1.82, 2.24) is 19.9 Å². The van der Waals surface area contributed by atoms with Crippen LogP contribution in [0.5, 0.6) is 0 Å². The van der Waals surface area contributed by atoms with E-state index in [9.17, 15) is 14.4 Å². The highest BCUT2D eigenvalue weighted by Crippen LogP contribution is 2.23. The lowest BCUT2D eigenvalue weighted by Crippen LogP contribution is -2.33. The van der Waals surface area contributed by atoms with Crippen LogP contribution in [-0.4, -0.2) is 44.3 Å². The van der Waals surface area contributed by atoms with Gasteiger partial charge in [-0.15, -0.1) is 17.9 Å². The largest absolute Gasteiger partial charge is 0.334 e. The molecule has 0 aliphatic carbocycles. The van der Waals surface area contributed by atoms with Crippen molar-refractivity contribution in [3.05, 3.63) is 36.0 Å². The van der Waals surface area contributed by atoms with Gasteiger partial charge in [-0.2, -0.15) is 4.98 Å². The first-order chi connectivity index (χ1) is 10.6. The van der Waals surface area contributed by atoms with Gasteiger partial charge in [0.2, 0.25) is 0 Å². The minimum Gasteiger partial charge on any atom is -0.333 e. The van der Waals surface area contributed by atoms with E-state index in [2.05, 4.69) is 16.7 Å². The van der Waals surface area contributed by atoms with E-state index in [-0.39, 0.29) is 18.9 Å². The van der Waals surface area contributed by atoms with Crippen LogP contribution in [-0.2, 0) is 16.1 Å². The van der Waals surface area contributed by atoms with Crippen LogP contribution in [0.2, 0.25) is 0 Å². The Labute approximate surface area is 128 Å². The molecule has 0 bridgehead atoms. The second kappa shape index (κ2) is 5.53. The average molecular weight is 318 g/mol. The first kappa shape index (κ1) is 14.1. The lowest BCUT2D eigenvalue weighted by molar-refractivity contribution is -0.143. The molecular formula is C13H10N4O4S. The van der Waals surface area contributed by atoms with E-state index in [1.165, 1.54) is 17.4 Å². The molecule has 1 saturated heterocycles. The second-order valence-electron chi connectivity index (χ2n) is 4.37. The van der Waals surface area contributed by atoms with Crippen molar-refractivity contribution >= 4 is 29.2 Å². The van der Waals surface area contributed by atoms with Gasteiger partial charge < -0.3 is 4.52 Å². The van der Waals surface area contributed by atoms with E-state index in [1.807, 2.05) is 17.5 Å². The van der Waals surface area contributed by atoms with Crippen LogP contribution in [0.4, 0.5) is 4.79 Å². The number of hydrogen-bond donors (Lipinski definition) is 0. The van der Waals surface area contributed by atoms with Gasteiger partial charge in [0.15, 0.2) is 5.82 Å².